The highest BCUT2D eigenvalue weighted by molar-refractivity contribution is 5.80. The van der Waals surface area contributed by atoms with E-state index in [0.717, 1.165) is 54.9 Å². The van der Waals surface area contributed by atoms with Gasteiger partial charge in [-0.25, -0.2) is 0 Å². The molecule has 4 rings (SSSR count). The highest BCUT2D eigenvalue weighted by Gasteiger charge is 2.20. The van der Waals surface area contributed by atoms with Crippen molar-refractivity contribution in [2.75, 3.05) is 27.3 Å². The Morgan fingerprint density at radius 3 is 2.69 bits per heavy atom. The molecule has 3 nitrogen and oxygen atoms in total. The minimum Gasteiger partial charge on any atom is -0.383 e. The third-order valence-electron chi connectivity index (χ3n) is 6.24. The van der Waals surface area contributed by atoms with Gasteiger partial charge in [0.2, 0.25) is 0 Å². The van der Waals surface area contributed by atoms with Crippen LogP contribution in [0.15, 0.2) is 73.5 Å². The van der Waals surface area contributed by atoms with Crippen molar-refractivity contribution in [1.29, 1.82) is 0 Å². The number of rotatable bonds is 7. The van der Waals surface area contributed by atoms with Gasteiger partial charge in [-0.3, -0.25) is 4.98 Å². The molecule has 1 unspecified atom stereocenters. The van der Waals surface area contributed by atoms with Gasteiger partial charge in [-0.15, -0.1) is 0 Å². The Morgan fingerprint density at radius 1 is 1.19 bits per heavy atom. The molecular weight excluding hydrogens is 392 g/mol. The molecule has 0 spiro atoms. The molecule has 32 heavy (non-hydrogen) atoms. The quantitative estimate of drug-likeness (QED) is 0.479. The van der Waals surface area contributed by atoms with Crippen LogP contribution in [-0.4, -0.2) is 37.2 Å². The fourth-order valence-corrected chi connectivity index (χ4v) is 4.52. The lowest BCUT2D eigenvalue weighted by atomic mass is 9.90. The maximum atomic E-state index is 5.59. The first-order valence-electron chi connectivity index (χ1n) is 11.6. The second kappa shape index (κ2) is 10.1. The van der Waals surface area contributed by atoms with Crippen LogP contribution in [0.2, 0.25) is 0 Å². The molecule has 1 saturated heterocycles. The van der Waals surface area contributed by atoms with Crippen molar-refractivity contribution >= 4 is 11.1 Å². The van der Waals surface area contributed by atoms with E-state index in [9.17, 15) is 0 Å². The standard InChI is InChI=1S/C29H34N2O/c1-5-23(20-31(3)4)24-7-6-8-26(19-24)28-12-11-27(25-10-9-21(2)17-25)29(30-28)18-22-13-15-32-16-14-22/h5-12,17,19-22H,1,13-16,18H2,2-4H3/b23-20+. The van der Waals surface area contributed by atoms with Crippen LogP contribution in [0, 0.1) is 11.8 Å². The topological polar surface area (TPSA) is 25.4 Å². The molecule has 3 heteroatoms. The van der Waals surface area contributed by atoms with Gasteiger partial charge in [-0.05, 0) is 59.9 Å². The predicted molar refractivity (Wildman–Crippen MR) is 135 cm³/mol. The van der Waals surface area contributed by atoms with E-state index < -0.39 is 0 Å². The van der Waals surface area contributed by atoms with Crippen molar-refractivity contribution in [3.05, 3.63) is 90.3 Å². The van der Waals surface area contributed by atoms with Crippen molar-refractivity contribution < 1.29 is 4.74 Å². The SMILES string of the molecule is C=C/C(=C\N(C)C)c1cccc(-c2ccc(C3=CC(C)C=C3)c(CC3CCOCC3)n2)c1. The predicted octanol–water partition coefficient (Wildman–Crippen LogP) is 6.40. The minimum atomic E-state index is 0.484. The second-order valence-electron chi connectivity index (χ2n) is 9.12. The van der Waals surface area contributed by atoms with Crippen LogP contribution in [0.3, 0.4) is 0 Å². The fraction of sp³-hybridized carbons (Fsp3) is 0.345. The average Bonchev–Trinajstić information content (AvgIpc) is 3.24. The fourth-order valence-electron chi connectivity index (χ4n) is 4.52. The Bertz CT molecular complexity index is 1050. The largest absolute Gasteiger partial charge is 0.383 e. The Hall–Kier alpha value is -2.91. The van der Waals surface area contributed by atoms with Crippen molar-refractivity contribution in [2.45, 2.75) is 26.2 Å². The summed E-state index contributed by atoms with van der Waals surface area (Å²) >= 11 is 0. The first kappa shape index (κ1) is 22.3. The van der Waals surface area contributed by atoms with Crippen LogP contribution in [0.5, 0.6) is 0 Å². The van der Waals surface area contributed by atoms with E-state index in [0.29, 0.717) is 11.8 Å². The zero-order chi connectivity index (χ0) is 22.5. The summed E-state index contributed by atoms with van der Waals surface area (Å²) in [5, 5.41) is 0. The van der Waals surface area contributed by atoms with E-state index in [1.807, 2.05) is 25.1 Å². The van der Waals surface area contributed by atoms with Crippen molar-refractivity contribution in [1.82, 2.24) is 9.88 Å². The molecule has 166 valence electrons. The Kier molecular flexibility index (Phi) is 7.06. The third kappa shape index (κ3) is 5.28. The van der Waals surface area contributed by atoms with Crippen molar-refractivity contribution in [2.24, 2.45) is 11.8 Å². The van der Waals surface area contributed by atoms with Gasteiger partial charge < -0.3 is 9.64 Å². The molecule has 2 heterocycles. The number of pyridine rings is 1. The molecule has 1 aromatic carbocycles. The Labute approximate surface area is 192 Å². The molecule has 1 fully saturated rings. The zero-order valence-corrected chi connectivity index (χ0v) is 19.6. The van der Waals surface area contributed by atoms with Gasteiger partial charge in [0, 0.05) is 50.3 Å². The Balaban J connectivity index is 1.71. The van der Waals surface area contributed by atoms with E-state index in [1.165, 1.54) is 16.8 Å². The molecule has 1 aromatic heterocycles. The first-order valence-corrected chi connectivity index (χ1v) is 11.6. The highest BCUT2D eigenvalue weighted by atomic mass is 16.5. The number of ether oxygens (including phenoxy) is 1. The van der Waals surface area contributed by atoms with Crippen molar-refractivity contribution in [3.8, 4) is 11.3 Å². The molecule has 1 aliphatic carbocycles. The maximum Gasteiger partial charge on any atom is 0.0705 e. The maximum absolute atomic E-state index is 5.59. The molecular formula is C29H34N2O. The van der Waals surface area contributed by atoms with Gasteiger partial charge in [0.1, 0.15) is 0 Å². The van der Waals surface area contributed by atoms with Gasteiger partial charge in [0.15, 0.2) is 0 Å². The summed E-state index contributed by atoms with van der Waals surface area (Å²) in [7, 11) is 4.06. The smallest absolute Gasteiger partial charge is 0.0705 e. The summed E-state index contributed by atoms with van der Waals surface area (Å²) in [6.45, 7) is 7.96. The lowest BCUT2D eigenvalue weighted by molar-refractivity contribution is 0.0662. The number of nitrogens with zero attached hydrogens (tertiary/aromatic N) is 2. The Morgan fingerprint density at radius 2 is 2.00 bits per heavy atom. The van der Waals surface area contributed by atoms with Gasteiger partial charge >= 0.3 is 0 Å². The van der Waals surface area contributed by atoms with E-state index in [1.54, 1.807) is 0 Å². The number of allylic oxidation sites excluding steroid dienone is 6. The molecule has 0 saturated carbocycles. The second-order valence-corrected chi connectivity index (χ2v) is 9.12. The van der Waals surface area contributed by atoms with Crippen LogP contribution in [-0.2, 0) is 11.2 Å². The van der Waals surface area contributed by atoms with E-state index in [4.69, 9.17) is 9.72 Å². The zero-order valence-electron chi connectivity index (χ0n) is 19.6. The van der Waals surface area contributed by atoms with Crippen molar-refractivity contribution in [3.63, 3.8) is 0 Å². The van der Waals surface area contributed by atoms with Gasteiger partial charge in [0.05, 0.1) is 5.69 Å². The van der Waals surface area contributed by atoms with Crippen LogP contribution < -0.4 is 0 Å². The van der Waals surface area contributed by atoms with E-state index in [-0.39, 0.29) is 0 Å². The molecule has 1 atom stereocenters. The number of hydrogen-bond donors (Lipinski definition) is 0. The van der Waals surface area contributed by atoms with Crippen LogP contribution >= 0.6 is 0 Å². The molecule has 0 amide bonds. The number of aromatic nitrogens is 1. The average molecular weight is 427 g/mol. The normalized spacial score (nSPS) is 19.2. The molecule has 2 aromatic rings. The summed E-state index contributed by atoms with van der Waals surface area (Å²) in [6, 6.07) is 13.0. The molecule has 0 N–H and O–H groups in total. The summed E-state index contributed by atoms with van der Waals surface area (Å²) in [6.07, 6.45) is 14.1. The van der Waals surface area contributed by atoms with Crippen LogP contribution in [0.25, 0.3) is 22.4 Å². The number of benzene rings is 1. The lowest BCUT2D eigenvalue weighted by Crippen LogP contribution is -2.18. The van der Waals surface area contributed by atoms with E-state index >= 15 is 0 Å². The summed E-state index contributed by atoms with van der Waals surface area (Å²) in [5.74, 6) is 1.12. The lowest BCUT2D eigenvalue weighted by Gasteiger charge is -2.23. The highest BCUT2D eigenvalue weighted by Crippen LogP contribution is 2.32. The van der Waals surface area contributed by atoms with Crippen LogP contribution in [0.1, 0.15) is 36.6 Å². The first-order chi connectivity index (χ1) is 15.5. The van der Waals surface area contributed by atoms with E-state index in [2.05, 4.69) is 74.3 Å². The minimum absolute atomic E-state index is 0.484. The third-order valence-corrected chi connectivity index (χ3v) is 6.24. The summed E-state index contributed by atoms with van der Waals surface area (Å²) in [5.41, 5.74) is 8.20. The van der Waals surface area contributed by atoms with Gasteiger partial charge in [0.25, 0.3) is 0 Å². The molecule has 0 bridgehead atoms. The van der Waals surface area contributed by atoms with Gasteiger partial charge in [-0.1, -0.05) is 62.1 Å². The van der Waals surface area contributed by atoms with Crippen LogP contribution in [0.4, 0.5) is 0 Å². The summed E-state index contributed by atoms with van der Waals surface area (Å²) in [4.78, 5) is 7.27. The monoisotopic (exact) mass is 426 g/mol. The van der Waals surface area contributed by atoms with Gasteiger partial charge in [-0.2, -0.15) is 0 Å². The molecule has 0 radical (unpaired) electrons. The summed E-state index contributed by atoms with van der Waals surface area (Å²) < 4.78 is 5.59. The molecule has 1 aliphatic heterocycles. The number of hydrogen-bond acceptors (Lipinski definition) is 3. The molecule has 2 aliphatic rings.